The van der Waals surface area contributed by atoms with Crippen LogP contribution in [-0.2, 0) is 9.59 Å². The van der Waals surface area contributed by atoms with Crippen LogP contribution in [0, 0.1) is 23.7 Å². The van der Waals surface area contributed by atoms with Crippen molar-refractivity contribution in [2.24, 2.45) is 23.7 Å². The molecule has 2 saturated carbocycles. The molecule has 0 unspecified atom stereocenters. The van der Waals surface area contributed by atoms with Gasteiger partial charge in [-0.1, -0.05) is 23.2 Å². The van der Waals surface area contributed by atoms with Crippen molar-refractivity contribution in [2.75, 3.05) is 6.54 Å². The average Bonchev–Trinajstić information content (AvgIpc) is 3.47. The number of rotatable bonds is 5. The second-order valence-electron chi connectivity index (χ2n) is 8.67. The number of fused-ring (bicyclic) bond motifs is 5. The maximum absolute atomic E-state index is 13.4. The van der Waals surface area contributed by atoms with Gasteiger partial charge in [0, 0.05) is 21.2 Å². The average molecular weight is 471 g/mol. The molecule has 1 saturated heterocycles. The normalized spacial score (nSPS) is 25.9. The molecule has 6 nitrogen and oxygen atoms in total. The van der Waals surface area contributed by atoms with E-state index in [0.29, 0.717) is 15.6 Å². The van der Waals surface area contributed by atoms with Crippen LogP contribution in [0.15, 0.2) is 48.5 Å². The molecule has 0 N–H and O–H groups in total. The maximum atomic E-state index is 13.4. The molecule has 164 valence electrons. The molecule has 3 fully saturated rings. The van der Waals surface area contributed by atoms with Gasteiger partial charge in [-0.2, -0.15) is 5.01 Å². The van der Waals surface area contributed by atoms with E-state index in [4.69, 9.17) is 23.2 Å². The van der Waals surface area contributed by atoms with Gasteiger partial charge in [-0.25, -0.2) is 5.01 Å². The quantitative estimate of drug-likeness (QED) is 0.483. The van der Waals surface area contributed by atoms with E-state index in [1.54, 1.807) is 36.4 Å². The number of imide groups is 1. The Bertz CT molecular complexity index is 1090. The van der Waals surface area contributed by atoms with Gasteiger partial charge < -0.3 is 0 Å². The summed E-state index contributed by atoms with van der Waals surface area (Å²) in [6.07, 6.45) is 2.73. The molecule has 3 amide bonds. The molecule has 5 rings (SSSR count). The van der Waals surface area contributed by atoms with E-state index in [0.717, 1.165) is 29.3 Å². The molecule has 2 aromatic rings. The van der Waals surface area contributed by atoms with Crippen molar-refractivity contribution < 1.29 is 19.2 Å². The largest absolute Gasteiger partial charge is 0.292 e. The smallest absolute Gasteiger partial charge is 0.273 e. The van der Waals surface area contributed by atoms with Gasteiger partial charge in [-0.3, -0.25) is 19.2 Å². The van der Waals surface area contributed by atoms with E-state index in [1.807, 2.05) is 0 Å². The Morgan fingerprint density at radius 1 is 0.812 bits per heavy atom. The van der Waals surface area contributed by atoms with E-state index in [-0.39, 0.29) is 29.2 Å². The minimum Gasteiger partial charge on any atom is -0.292 e. The number of Topliss-reactive ketones (excluding diaryl/α,β-unsaturated/α-hetero) is 1. The number of hydrazine groups is 1. The number of hydrogen-bond donors (Lipinski definition) is 0. The van der Waals surface area contributed by atoms with Crippen LogP contribution in [0.5, 0.6) is 0 Å². The lowest BCUT2D eigenvalue weighted by Gasteiger charge is -2.30. The summed E-state index contributed by atoms with van der Waals surface area (Å²) in [6, 6.07) is 12.4. The summed E-state index contributed by atoms with van der Waals surface area (Å²) in [6.45, 7) is -0.435. The number of hydrogen-bond acceptors (Lipinski definition) is 4. The first-order valence-electron chi connectivity index (χ1n) is 10.6. The number of nitrogens with zero attached hydrogens (tertiary/aromatic N) is 2. The third-order valence-corrected chi connectivity index (χ3v) is 7.43. The zero-order valence-corrected chi connectivity index (χ0v) is 18.6. The van der Waals surface area contributed by atoms with Crippen LogP contribution < -0.4 is 0 Å². The van der Waals surface area contributed by atoms with Crippen molar-refractivity contribution >= 4 is 46.7 Å². The Morgan fingerprint density at radius 2 is 1.28 bits per heavy atom. The fourth-order valence-electron chi connectivity index (χ4n) is 5.47. The van der Waals surface area contributed by atoms with Gasteiger partial charge in [0.25, 0.3) is 17.7 Å². The molecule has 1 aliphatic heterocycles. The van der Waals surface area contributed by atoms with Crippen molar-refractivity contribution in [3.05, 3.63) is 69.7 Å². The number of amides is 3. The number of benzene rings is 2. The molecule has 32 heavy (non-hydrogen) atoms. The van der Waals surface area contributed by atoms with Crippen LogP contribution in [0.4, 0.5) is 0 Å². The molecule has 2 bridgehead atoms. The van der Waals surface area contributed by atoms with Crippen molar-refractivity contribution in [2.45, 2.75) is 19.3 Å². The first kappa shape index (κ1) is 21.2. The predicted molar refractivity (Wildman–Crippen MR) is 118 cm³/mol. The molecule has 4 atom stereocenters. The molecule has 1 heterocycles. The van der Waals surface area contributed by atoms with Gasteiger partial charge in [0.1, 0.15) is 6.54 Å². The Kier molecular flexibility index (Phi) is 5.30. The van der Waals surface area contributed by atoms with E-state index < -0.39 is 30.1 Å². The lowest BCUT2D eigenvalue weighted by Crippen LogP contribution is -2.52. The highest BCUT2D eigenvalue weighted by molar-refractivity contribution is 6.31. The summed E-state index contributed by atoms with van der Waals surface area (Å²) in [7, 11) is 0. The minimum atomic E-state index is -0.599. The lowest BCUT2D eigenvalue weighted by molar-refractivity contribution is -0.154. The van der Waals surface area contributed by atoms with Gasteiger partial charge in [0.15, 0.2) is 5.78 Å². The molecule has 2 aromatic carbocycles. The molecular weight excluding hydrogens is 451 g/mol. The fraction of sp³-hybridized carbons (Fsp3) is 0.333. The highest BCUT2D eigenvalue weighted by Gasteiger charge is 2.62. The Hall–Kier alpha value is -2.70. The summed E-state index contributed by atoms with van der Waals surface area (Å²) in [5.74, 6) is -2.20. The van der Waals surface area contributed by atoms with Crippen LogP contribution in [0.25, 0.3) is 0 Å². The molecular formula is C24H20Cl2N2O4. The maximum Gasteiger partial charge on any atom is 0.273 e. The standard InChI is InChI=1S/C24H20Cl2N2O4/c25-17-7-3-13(4-8-17)19(29)12-27(22(30)14-5-9-18(26)10-6-14)28-23(31)20-15-1-2-16(11-15)21(20)24(28)32/h3-10,15-16,20-21H,1-2,11-12H2/t15-,16-,20+,21+/m0/s1. The van der Waals surface area contributed by atoms with Gasteiger partial charge in [0.2, 0.25) is 0 Å². The number of ketones is 1. The van der Waals surface area contributed by atoms with Crippen molar-refractivity contribution in [3.8, 4) is 0 Å². The third-order valence-electron chi connectivity index (χ3n) is 6.93. The third kappa shape index (κ3) is 3.42. The Balaban J connectivity index is 1.49. The second kappa shape index (κ2) is 8.01. The molecule has 0 aromatic heterocycles. The first-order valence-corrected chi connectivity index (χ1v) is 11.3. The van der Waals surface area contributed by atoms with Crippen molar-refractivity contribution in [3.63, 3.8) is 0 Å². The minimum absolute atomic E-state index is 0.172. The summed E-state index contributed by atoms with van der Waals surface area (Å²) in [5.41, 5.74) is 0.571. The number of carbonyl (C=O) groups excluding carboxylic acids is 4. The monoisotopic (exact) mass is 470 g/mol. The highest BCUT2D eigenvalue weighted by atomic mass is 35.5. The van der Waals surface area contributed by atoms with Gasteiger partial charge in [0.05, 0.1) is 11.8 Å². The molecule has 8 heteroatoms. The highest BCUT2D eigenvalue weighted by Crippen LogP contribution is 2.56. The predicted octanol–water partition coefficient (Wildman–Crippen LogP) is 4.26. The molecule has 0 spiro atoms. The van der Waals surface area contributed by atoms with Crippen LogP contribution >= 0.6 is 23.2 Å². The molecule has 3 aliphatic rings. The van der Waals surface area contributed by atoms with E-state index in [1.165, 1.54) is 12.1 Å². The summed E-state index contributed by atoms with van der Waals surface area (Å²) < 4.78 is 0. The van der Waals surface area contributed by atoms with E-state index >= 15 is 0 Å². The van der Waals surface area contributed by atoms with Crippen molar-refractivity contribution in [1.82, 2.24) is 10.0 Å². The van der Waals surface area contributed by atoms with Crippen LogP contribution in [0.2, 0.25) is 10.0 Å². The van der Waals surface area contributed by atoms with Crippen LogP contribution in [-0.4, -0.2) is 40.1 Å². The number of carbonyl (C=O) groups is 4. The van der Waals surface area contributed by atoms with E-state index in [9.17, 15) is 19.2 Å². The summed E-state index contributed by atoms with van der Waals surface area (Å²) in [5, 5.41) is 2.86. The van der Waals surface area contributed by atoms with E-state index in [2.05, 4.69) is 0 Å². The molecule has 0 radical (unpaired) electrons. The van der Waals surface area contributed by atoms with Crippen molar-refractivity contribution in [1.29, 1.82) is 0 Å². The topological polar surface area (TPSA) is 74.8 Å². The zero-order chi connectivity index (χ0) is 22.6. The van der Waals surface area contributed by atoms with Gasteiger partial charge in [-0.15, -0.1) is 0 Å². The zero-order valence-electron chi connectivity index (χ0n) is 17.0. The Labute approximate surface area is 195 Å². The molecule has 2 aliphatic carbocycles. The Morgan fingerprint density at radius 3 is 1.78 bits per heavy atom. The summed E-state index contributed by atoms with van der Waals surface area (Å²) in [4.78, 5) is 53.1. The first-order chi connectivity index (χ1) is 15.3. The van der Waals surface area contributed by atoms with Crippen LogP contribution in [0.3, 0.4) is 0 Å². The van der Waals surface area contributed by atoms with Gasteiger partial charge >= 0.3 is 0 Å². The second-order valence-corrected chi connectivity index (χ2v) is 9.55. The van der Waals surface area contributed by atoms with Gasteiger partial charge in [-0.05, 0) is 79.6 Å². The summed E-state index contributed by atoms with van der Waals surface area (Å²) >= 11 is 11.9. The lowest BCUT2D eigenvalue weighted by atomic mass is 9.81. The fourth-order valence-corrected chi connectivity index (χ4v) is 5.72. The SMILES string of the molecule is O=C(CN(C(=O)c1ccc(Cl)cc1)N1C(=O)[C@@H]2[C@H]3CC[C@@H](C3)[C@H]2C1=O)c1ccc(Cl)cc1. The van der Waals surface area contributed by atoms with Crippen LogP contribution in [0.1, 0.15) is 40.0 Å². The number of halogens is 2.